The van der Waals surface area contributed by atoms with Gasteiger partial charge in [0.25, 0.3) is 0 Å². The molecule has 0 bridgehead atoms. The van der Waals surface area contributed by atoms with Gasteiger partial charge in [-0.05, 0) is 0 Å². The molecule has 0 atom stereocenters. The highest BCUT2D eigenvalue weighted by Crippen LogP contribution is 2.06. The molecule has 0 aromatic rings. The van der Waals surface area contributed by atoms with Crippen LogP contribution in [0.25, 0.3) is 0 Å². The molecule has 1 aliphatic heterocycles. The zero-order valence-electron chi connectivity index (χ0n) is 6.39. The van der Waals surface area contributed by atoms with Crippen LogP contribution in [-0.4, -0.2) is 27.1 Å². The lowest BCUT2D eigenvalue weighted by Crippen LogP contribution is -2.10. The van der Waals surface area contributed by atoms with Crippen LogP contribution < -0.4 is 5.32 Å². The standard InChI is InChI=1S/C7H13NO2/c1-9-7(10-2)4-3-6-5-8-6/h3,7-8H,4-5H2,1-2H3. The normalized spacial score (nSPS) is 19.7. The van der Waals surface area contributed by atoms with E-state index in [0.717, 1.165) is 13.0 Å². The first kappa shape index (κ1) is 7.57. The summed E-state index contributed by atoms with van der Waals surface area (Å²) in [7, 11) is 3.29. The molecular formula is C7H13NO2. The summed E-state index contributed by atoms with van der Waals surface area (Å²) in [6.07, 6.45) is 2.84. The van der Waals surface area contributed by atoms with E-state index in [1.807, 2.05) is 0 Å². The van der Waals surface area contributed by atoms with Gasteiger partial charge < -0.3 is 14.8 Å². The summed E-state index contributed by atoms with van der Waals surface area (Å²) in [6.45, 7) is 1.03. The second-order valence-corrected chi connectivity index (χ2v) is 2.22. The van der Waals surface area contributed by atoms with E-state index < -0.39 is 0 Å². The van der Waals surface area contributed by atoms with Crippen molar-refractivity contribution in [1.29, 1.82) is 0 Å². The molecule has 1 aliphatic rings. The summed E-state index contributed by atoms with van der Waals surface area (Å²) in [4.78, 5) is 0. The number of hydrogen-bond donors (Lipinski definition) is 1. The maximum absolute atomic E-state index is 4.98. The molecule has 0 amide bonds. The Labute approximate surface area is 61.0 Å². The Hall–Kier alpha value is -0.540. The number of nitrogens with one attached hydrogen (secondary N) is 1. The quantitative estimate of drug-likeness (QED) is 0.459. The van der Waals surface area contributed by atoms with Crippen molar-refractivity contribution in [2.75, 3.05) is 20.8 Å². The highest BCUT2D eigenvalue weighted by molar-refractivity contribution is 5.15. The number of ether oxygens (including phenoxy) is 2. The van der Waals surface area contributed by atoms with Crippen LogP contribution in [0, 0.1) is 0 Å². The second-order valence-electron chi connectivity index (χ2n) is 2.22. The fourth-order valence-corrected chi connectivity index (χ4v) is 0.723. The van der Waals surface area contributed by atoms with Crippen molar-refractivity contribution in [2.45, 2.75) is 12.7 Å². The van der Waals surface area contributed by atoms with E-state index in [1.165, 1.54) is 5.70 Å². The van der Waals surface area contributed by atoms with Gasteiger partial charge in [-0.15, -0.1) is 0 Å². The fraction of sp³-hybridized carbons (Fsp3) is 0.714. The van der Waals surface area contributed by atoms with Crippen molar-refractivity contribution in [1.82, 2.24) is 5.32 Å². The minimum Gasteiger partial charge on any atom is -0.382 e. The molecule has 1 rings (SSSR count). The molecule has 0 radical (unpaired) electrons. The van der Waals surface area contributed by atoms with E-state index in [2.05, 4.69) is 11.4 Å². The first-order valence-corrected chi connectivity index (χ1v) is 3.35. The minimum atomic E-state index is -0.0881. The molecular weight excluding hydrogens is 130 g/mol. The Morgan fingerprint density at radius 1 is 1.60 bits per heavy atom. The van der Waals surface area contributed by atoms with Crippen LogP contribution in [0.1, 0.15) is 6.42 Å². The minimum absolute atomic E-state index is 0.0881. The maximum Gasteiger partial charge on any atom is 0.160 e. The average molecular weight is 143 g/mol. The summed E-state index contributed by atoms with van der Waals surface area (Å²) in [5.41, 5.74) is 1.29. The smallest absolute Gasteiger partial charge is 0.160 e. The van der Waals surface area contributed by atoms with Crippen molar-refractivity contribution in [3.05, 3.63) is 11.8 Å². The molecule has 0 aromatic carbocycles. The van der Waals surface area contributed by atoms with Gasteiger partial charge in [0, 0.05) is 26.3 Å². The van der Waals surface area contributed by atoms with Crippen molar-refractivity contribution in [2.24, 2.45) is 0 Å². The van der Waals surface area contributed by atoms with E-state index in [-0.39, 0.29) is 6.29 Å². The Bertz CT molecular complexity index is 124. The predicted octanol–water partition coefficient (Wildman–Crippen LogP) is 0.482. The Balaban J connectivity index is 2.14. The molecule has 0 spiro atoms. The van der Waals surface area contributed by atoms with E-state index in [9.17, 15) is 0 Å². The van der Waals surface area contributed by atoms with Crippen molar-refractivity contribution >= 4 is 0 Å². The molecule has 0 saturated carbocycles. The topological polar surface area (TPSA) is 40.4 Å². The van der Waals surface area contributed by atoms with Gasteiger partial charge in [0.2, 0.25) is 0 Å². The summed E-state index contributed by atoms with van der Waals surface area (Å²) in [6, 6.07) is 0. The van der Waals surface area contributed by atoms with Gasteiger partial charge in [0.15, 0.2) is 6.29 Å². The molecule has 1 N–H and O–H groups in total. The molecule has 10 heavy (non-hydrogen) atoms. The molecule has 1 saturated heterocycles. The first-order valence-electron chi connectivity index (χ1n) is 3.35. The number of hydrogen-bond acceptors (Lipinski definition) is 3. The monoisotopic (exact) mass is 143 g/mol. The van der Waals surface area contributed by atoms with Crippen molar-refractivity contribution in [3.63, 3.8) is 0 Å². The van der Waals surface area contributed by atoms with Crippen LogP contribution in [0.3, 0.4) is 0 Å². The third kappa shape index (κ3) is 2.37. The lowest BCUT2D eigenvalue weighted by molar-refractivity contribution is -0.0986. The molecule has 3 nitrogen and oxygen atoms in total. The largest absolute Gasteiger partial charge is 0.382 e. The van der Waals surface area contributed by atoms with Crippen LogP contribution in [0.2, 0.25) is 0 Å². The second kappa shape index (κ2) is 3.58. The van der Waals surface area contributed by atoms with Gasteiger partial charge in [-0.3, -0.25) is 0 Å². The molecule has 0 unspecified atom stereocenters. The van der Waals surface area contributed by atoms with Gasteiger partial charge in [0.1, 0.15) is 0 Å². The van der Waals surface area contributed by atoms with Gasteiger partial charge >= 0.3 is 0 Å². The summed E-state index contributed by atoms with van der Waals surface area (Å²) in [5.74, 6) is 0. The van der Waals surface area contributed by atoms with E-state index in [0.29, 0.717) is 0 Å². The Morgan fingerprint density at radius 2 is 2.20 bits per heavy atom. The van der Waals surface area contributed by atoms with E-state index >= 15 is 0 Å². The predicted molar refractivity (Wildman–Crippen MR) is 38.5 cm³/mol. The molecule has 58 valence electrons. The Kier molecular flexibility index (Phi) is 2.71. The molecule has 1 fully saturated rings. The molecule has 1 heterocycles. The van der Waals surface area contributed by atoms with Crippen LogP contribution in [0.5, 0.6) is 0 Å². The highest BCUT2D eigenvalue weighted by Gasteiger charge is 2.09. The number of rotatable bonds is 4. The van der Waals surface area contributed by atoms with Crippen LogP contribution >= 0.6 is 0 Å². The van der Waals surface area contributed by atoms with Gasteiger partial charge in [-0.1, -0.05) is 6.08 Å². The van der Waals surface area contributed by atoms with Crippen LogP contribution in [0.15, 0.2) is 11.8 Å². The Morgan fingerprint density at radius 3 is 2.60 bits per heavy atom. The zero-order valence-corrected chi connectivity index (χ0v) is 6.39. The summed E-state index contributed by atoms with van der Waals surface area (Å²) in [5, 5.41) is 3.09. The third-order valence-corrected chi connectivity index (χ3v) is 1.46. The van der Waals surface area contributed by atoms with Gasteiger partial charge in [-0.2, -0.15) is 0 Å². The van der Waals surface area contributed by atoms with Crippen molar-refractivity contribution in [3.8, 4) is 0 Å². The SMILES string of the molecule is COC(CC=C1CN1)OC. The number of methoxy groups -OCH3 is 2. The fourth-order valence-electron chi connectivity index (χ4n) is 0.723. The van der Waals surface area contributed by atoms with E-state index in [1.54, 1.807) is 14.2 Å². The zero-order chi connectivity index (χ0) is 7.40. The summed E-state index contributed by atoms with van der Waals surface area (Å²) < 4.78 is 9.97. The maximum atomic E-state index is 4.98. The van der Waals surface area contributed by atoms with Gasteiger partial charge in [0.05, 0.1) is 6.54 Å². The molecule has 0 aliphatic carbocycles. The molecule has 3 heteroatoms. The third-order valence-electron chi connectivity index (χ3n) is 1.46. The lowest BCUT2D eigenvalue weighted by atomic mass is 10.4. The average Bonchev–Trinajstić information content (AvgIpc) is 2.74. The van der Waals surface area contributed by atoms with E-state index in [4.69, 9.17) is 9.47 Å². The van der Waals surface area contributed by atoms with Crippen LogP contribution in [-0.2, 0) is 9.47 Å². The molecule has 0 aromatic heterocycles. The van der Waals surface area contributed by atoms with Gasteiger partial charge in [-0.25, -0.2) is 0 Å². The first-order chi connectivity index (χ1) is 4.86. The van der Waals surface area contributed by atoms with Crippen molar-refractivity contribution < 1.29 is 9.47 Å². The van der Waals surface area contributed by atoms with Crippen LogP contribution in [0.4, 0.5) is 0 Å². The lowest BCUT2D eigenvalue weighted by Gasteiger charge is -2.09. The summed E-state index contributed by atoms with van der Waals surface area (Å²) >= 11 is 0. The highest BCUT2D eigenvalue weighted by atomic mass is 16.7.